The van der Waals surface area contributed by atoms with Crippen molar-refractivity contribution in [3.8, 4) is 0 Å². The molecular weight excluding hydrogens is 450 g/mol. The summed E-state index contributed by atoms with van der Waals surface area (Å²) >= 11 is 0. The number of benzene rings is 3. The van der Waals surface area contributed by atoms with E-state index < -0.39 is 36.5 Å². The molecule has 0 aliphatic carbocycles. The van der Waals surface area contributed by atoms with Gasteiger partial charge in [-0.25, -0.2) is 9.59 Å². The highest BCUT2D eigenvalue weighted by molar-refractivity contribution is 5.95. The van der Waals surface area contributed by atoms with Gasteiger partial charge in [0.25, 0.3) is 5.91 Å². The SMILES string of the molecule is NC(=O)c1ccc(NC(=O)COC(=O)[C@H](Cc2ccccc2)NC(=O)OCc2ccccc2)cc1. The van der Waals surface area contributed by atoms with Crippen molar-refractivity contribution >= 4 is 29.6 Å². The van der Waals surface area contributed by atoms with Crippen molar-refractivity contribution in [2.45, 2.75) is 19.1 Å². The van der Waals surface area contributed by atoms with Crippen LogP contribution < -0.4 is 16.4 Å². The summed E-state index contributed by atoms with van der Waals surface area (Å²) < 4.78 is 10.3. The standard InChI is InChI=1S/C26H25N3O6/c27-24(31)20-11-13-21(14-12-20)28-23(30)17-34-25(32)22(15-18-7-3-1-4-8-18)29-26(33)35-16-19-9-5-2-6-10-19/h1-14,22H,15-17H2,(H2,27,31)(H,28,30)(H,29,33)/t22-/m0/s1. The highest BCUT2D eigenvalue weighted by Crippen LogP contribution is 2.10. The van der Waals surface area contributed by atoms with Crippen molar-refractivity contribution in [3.63, 3.8) is 0 Å². The van der Waals surface area contributed by atoms with E-state index in [1.807, 2.05) is 48.5 Å². The van der Waals surface area contributed by atoms with Crippen molar-refractivity contribution in [2.24, 2.45) is 5.73 Å². The molecule has 0 aliphatic heterocycles. The van der Waals surface area contributed by atoms with Crippen molar-refractivity contribution in [1.29, 1.82) is 0 Å². The summed E-state index contributed by atoms with van der Waals surface area (Å²) in [7, 11) is 0. The molecule has 9 heteroatoms. The molecule has 0 unspecified atom stereocenters. The lowest BCUT2D eigenvalue weighted by molar-refractivity contribution is -0.149. The molecule has 3 amide bonds. The number of anilines is 1. The first-order valence-corrected chi connectivity index (χ1v) is 10.8. The van der Waals surface area contributed by atoms with E-state index >= 15 is 0 Å². The van der Waals surface area contributed by atoms with Gasteiger partial charge < -0.3 is 25.8 Å². The smallest absolute Gasteiger partial charge is 0.408 e. The number of hydrogen-bond donors (Lipinski definition) is 3. The zero-order chi connectivity index (χ0) is 25.0. The summed E-state index contributed by atoms with van der Waals surface area (Å²) in [5, 5.41) is 5.07. The first kappa shape index (κ1) is 25.0. The number of ether oxygens (including phenoxy) is 2. The monoisotopic (exact) mass is 475 g/mol. The van der Waals surface area contributed by atoms with Gasteiger partial charge in [0.1, 0.15) is 12.6 Å². The Bertz CT molecular complexity index is 1150. The number of carbonyl (C=O) groups is 4. The predicted molar refractivity (Wildman–Crippen MR) is 128 cm³/mol. The van der Waals surface area contributed by atoms with Crippen LogP contribution in [0.4, 0.5) is 10.5 Å². The molecule has 3 aromatic carbocycles. The largest absolute Gasteiger partial charge is 0.454 e. The summed E-state index contributed by atoms with van der Waals surface area (Å²) in [6, 6.07) is 23.0. The summed E-state index contributed by atoms with van der Waals surface area (Å²) in [6.07, 6.45) is -0.637. The van der Waals surface area contributed by atoms with E-state index in [1.54, 1.807) is 12.1 Å². The number of rotatable bonds is 10. The van der Waals surface area contributed by atoms with Crippen molar-refractivity contribution in [2.75, 3.05) is 11.9 Å². The fourth-order valence-corrected chi connectivity index (χ4v) is 3.10. The normalized spacial score (nSPS) is 11.1. The molecule has 3 aromatic rings. The number of alkyl carbamates (subject to hydrolysis) is 1. The second-order valence-electron chi connectivity index (χ2n) is 7.55. The van der Waals surface area contributed by atoms with E-state index in [1.165, 1.54) is 24.3 Å². The number of primary amides is 1. The fraction of sp³-hybridized carbons (Fsp3) is 0.154. The number of carbonyl (C=O) groups excluding carboxylic acids is 4. The lowest BCUT2D eigenvalue weighted by atomic mass is 10.1. The van der Waals surface area contributed by atoms with Gasteiger partial charge in [-0.15, -0.1) is 0 Å². The zero-order valence-electron chi connectivity index (χ0n) is 18.8. The van der Waals surface area contributed by atoms with Gasteiger partial charge in [0, 0.05) is 17.7 Å². The number of hydrogen-bond acceptors (Lipinski definition) is 6. The maximum Gasteiger partial charge on any atom is 0.408 e. The van der Waals surface area contributed by atoms with Gasteiger partial charge in [-0.05, 0) is 35.4 Å². The highest BCUT2D eigenvalue weighted by Gasteiger charge is 2.24. The van der Waals surface area contributed by atoms with Crippen molar-refractivity contribution < 1.29 is 28.7 Å². The van der Waals surface area contributed by atoms with Gasteiger partial charge in [-0.3, -0.25) is 9.59 Å². The van der Waals surface area contributed by atoms with Crippen LogP contribution >= 0.6 is 0 Å². The average molecular weight is 476 g/mol. The van der Waals surface area contributed by atoms with Crippen LogP contribution in [0.3, 0.4) is 0 Å². The maximum absolute atomic E-state index is 12.7. The molecule has 9 nitrogen and oxygen atoms in total. The van der Waals surface area contributed by atoms with E-state index in [9.17, 15) is 19.2 Å². The van der Waals surface area contributed by atoms with Gasteiger partial charge in [-0.1, -0.05) is 60.7 Å². The van der Waals surface area contributed by atoms with Crippen LogP contribution in [-0.2, 0) is 32.1 Å². The third-order valence-electron chi connectivity index (χ3n) is 4.87. The Labute approximate surface area is 202 Å². The molecule has 0 radical (unpaired) electrons. The Morgan fingerprint density at radius 1 is 0.771 bits per heavy atom. The number of amides is 3. The molecule has 35 heavy (non-hydrogen) atoms. The lowest BCUT2D eigenvalue weighted by Gasteiger charge is -2.18. The van der Waals surface area contributed by atoms with Gasteiger partial charge in [0.2, 0.25) is 5.91 Å². The van der Waals surface area contributed by atoms with Crippen molar-refractivity contribution in [3.05, 3.63) is 102 Å². The molecule has 0 aromatic heterocycles. The first-order chi connectivity index (χ1) is 16.9. The lowest BCUT2D eigenvalue weighted by Crippen LogP contribution is -2.44. The number of nitrogens with two attached hydrogens (primary N) is 1. The fourth-order valence-electron chi connectivity index (χ4n) is 3.10. The highest BCUT2D eigenvalue weighted by atomic mass is 16.6. The molecule has 0 heterocycles. The van der Waals surface area contributed by atoms with Crippen LogP contribution in [0.25, 0.3) is 0 Å². The molecule has 180 valence electrons. The molecule has 4 N–H and O–H groups in total. The summed E-state index contributed by atoms with van der Waals surface area (Å²) in [6.45, 7) is -0.529. The van der Waals surface area contributed by atoms with Gasteiger partial charge in [-0.2, -0.15) is 0 Å². The van der Waals surface area contributed by atoms with Gasteiger partial charge in [0.05, 0.1) is 0 Å². The van der Waals surface area contributed by atoms with E-state index in [0.717, 1.165) is 11.1 Å². The van der Waals surface area contributed by atoms with Crippen LogP contribution in [0.1, 0.15) is 21.5 Å². The minimum atomic E-state index is -1.07. The minimum Gasteiger partial charge on any atom is -0.454 e. The summed E-state index contributed by atoms with van der Waals surface area (Å²) in [5.41, 5.74) is 7.47. The second-order valence-corrected chi connectivity index (χ2v) is 7.55. The summed E-state index contributed by atoms with van der Waals surface area (Å²) in [5.74, 6) is -1.96. The number of esters is 1. The molecular formula is C26H25N3O6. The quantitative estimate of drug-likeness (QED) is 0.386. The molecule has 1 atom stereocenters. The number of nitrogens with one attached hydrogen (secondary N) is 2. The van der Waals surface area contributed by atoms with Crippen LogP contribution in [0, 0.1) is 0 Å². The molecule has 0 bridgehead atoms. The van der Waals surface area contributed by atoms with Gasteiger partial charge in [0.15, 0.2) is 6.61 Å². The predicted octanol–water partition coefficient (Wildman–Crippen LogP) is 2.80. The third kappa shape index (κ3) is 8.32. The van der Waals surface area contributed by atoms with E-state index in [4.69, 9.17) is 15.2 Å². The minimum absolute atomic E-state index is 0.0384. The molecule has 0 saturated carbocycles. The second kappa shape index (κ2) is 12.5. The molecule has 3 rings (SSSR count). The summed E-state index contributed by atoms with van der Waals surface area (Å²) in [4.78, 5) is 48.4. The van der Waals surface area contributed by atoms with Crippen molar-refractivity contribution in [1.82, 2.24) is 5.32 Å². The Balaban J connectivity index is 1.56. The molecule has 0 spiro atoms. The molecule has 0 aliphatic rings. The average Bonchev–Trinajstić information content (AvgIpc) is 2.87. The van der Waals surface area contributed by atoms with E-state index in [0.29, 0.717) is 11.3 Å². The Morgan fingerprint density at radius 3 is 1.97 bits per heavy atom. The Morgan fingerprint density at radius 2 is 1.37 bits per heavy atom. The zero-order valence-corrected chi connectivity index (χ0v) is 18.8. The van der Waals surface area contributed by atoms with Crippen LogP contribution in [-0.4, -0.2) is 36.5 Å². The Kier molecular flexibility index (Phi) is 8.95. The van der Waals surface area contributed by atoms with Crippen LogP contribution in [0.5, 0.6) is 0 Å². The van der Waals surface area contributed by atoms with Crippen LogP contribution in [0.2, 0.25) is 0 Å². The van der Waals surface area contributed by atoms with Gasteiger partial charge >= 0.3 is 12.1 Å². The molecule has 0 fully saturated rings. The third-order valence-corrected chi connectivity index (χ3v) is 4.87. The van der Waals surface area contributed by atoms with E-state index in [-0.39, 0.29) is 13.0 Å². The topological polar surface area (TPSA) is 137 Å². The van der Waals surface area contributed by atoms with E-state index in [2.05, 4.69) is 10.6 Å². The molecule has 0 saturated heterocycles. The Hall–Kier alpha value is -4.66. The maximum atomic E-state index is 12.7. The van der Waals surface area contributed by atoms with Crippen LogP contribution in [0.15, 0.2) is 84.9 Å². The first-order valence-electron chi connectivity index (χ1n) is 10.8.